The Labute approximate surface area is 185 Å². The second kappa shape index (κ2) is 9.72. The van der Waals surface area contributed by atoms with Crippen LogP contribution in [0.15, 0.2) is 36.7 Å². The Morgan fingerprint density at radius 2 is 2.06 bits per heavy atom. The molecule has 2 heterocycles. The molecule has 0 spiro atoms. The van der Waals surface area contributed by atoms with E-state index < -0.39 is 17.8 Å². The van der Waals surface area contributed by atoms with Crippen LogP contribution in [0.5, 0.6) is 0 Å². The molecule has 1 aromatic carbocycles. The van der Waals surface area contributed by atoms with Gasteiger partial charge in [0.15, 0.2) is 0 Å². The highest BCUT2D eigenvalue weighted by Crippen LogP contribution is 2.30. The first-order valence-electron chi connectivity index (χ1n) is 10.5. The number of aromatic nitrogens is 2. The van der Waals surface area contributed by atoms with Gasteiger partial charge in [0.05, 0.1) is 24.2 Å². The Balaban J connectivity index is 1.74. The molecule has 1 atom stereocenters. The molecule has 32 heavy (non-hydrogen) atoms. The smallest absolute Gasteiger partial charge is 0.353 e. The Bertz CT molecular complexity index is 957. The number of amides is 2. The van der Waals surface area contributed by atoms with Gasteiger partial charge in [-0.1, -0.05) is 18.2 Å². The molecule has 7 nitrogen and oxygen atoms in total. The summed E-state index contributed by atoms with van der Waals surface area (Å²) in [6.45, 7) is 5.15. The maximum atomic E-state index is 13.1. The first kappa shape index (κ1) is 23.8. The van der Waals surface area contributed by atoms with E-state index in [2.05, 4.69) is 10.4 Å². The molecular weight excluding hydrogens is 423 g/mol. The van der Waals surface area contributed by atoms with Crippen LogP contribution in [-0.2, 0) is 35.9 Å². The van der Waals surface area contributed by atoms with E-state index in [1.807, 2.05) is 20.0 Å². The molecule has 3 rings (SSSR count). The molecule has 1 saturated heterocycles. The van der Waals surface area contributed by atoms with Crippen LogP contribution in [0.3, 0.4) is 0 Å². The molecule has 0 radical (unpaired) electrons. The third-order valence-electron chi connectivity index (χ3n) is 5.50. The monoisotopic (exact) mass is 451 g/mol. The van der Waals surface area contributed by atoms with Gasteiger partial charge in [-0.15, -0.1) is 0 Å². The molecule has 0 aliphatic carbocycles. The van der Waals surface area contributed by atoms with Crippen LogP contribution >= 0.6 is 0 Å². The van der Waals surface area contributed by atoms with Crippen LogP contribution in [-0.4, -0.2) is 56.6 Å². The van der Waals surface area contributed by atoms with Gasteiger partial charge in [0.1, 0.15) is 0 Å². The second-order valence-corrected chi connectivity index (χ2v) is 8.32. The predicted molar refractivity (Wildman–Crippen MR) is 112 cm³/mol. The van der Waals surface area contributed by atoms with Crippen molar-refractivity contribution in [3.63, 3.8) is 0 Å². The minimum Gasteiger partial charge on any atom is -0.353 e. The van der Waals surface area contributed by atoms with Crippen LogP contribution in [0, 0.1) is 0 Å². The summed E-state index contributed by atoms with van der Waals surface area (Å²) in [4.78, 5) is 29.2. The molecule has 2 aromatic rings. The van der Waals surface area contributed by atoms with Crippen LogP contribution in [0.4, 0.5) is 13.2 Å². The molecular formula is C22H28F3N5O2. The average Bonchev–Trinajstić information content (AvgIpc) is 3.13. The van der Waals surface area contributed by atoms with Crippen LogP contribution in [0.25, 0.3) is 0 Å². The van der Waals surface area contributed by atoms with Gasteiger partial charge in [-0.2, -0.15) is 18.3 Å². The average molecular weight is 451 g/mol. The van der Waals surface area contributed by atoms with Gasteiger partial charge in [-0.3, -0.25) is 19.2 Å². The Kier molecular flexibility index (Phi) is 7.22. The fourth-order valence-corrected chi connectivity index (χ4v) is 3.85. The van der Waals surface area contributed by atoms with E-state index in [1.54, 1.807) is 33.8 Å². The predicted octanol–water partition coefficient (Wildman–Crippen LogP) is 2.57. The maximum absolute atomic E-state index is 13.1. The number of alkyl halides is 3. The SMILES string of the molecule is CC(C)N(Cc1cnn(C)c1)C(=O)CC1C(=O)NCCN1Cc1cccc(C(F)(F)F)c1. The van der Waals surface area contributed by atoms with Gasteiger partial charge in [0.25, 0.3) is 0 Å². The summed E-state index contributed by atoms with van der Waals surface area (Å²) < 4.78 is 40.9. The zero-order valence-corrected chi connectivity index (χ0v) is 18.4. The van der Waals surface area contributed by atoms with Gasteiger partial charge in [0, 0.05) is 51.0 Å². The van der Waals surface area contributed by atoms with Crippen LogP contribution < -0.4 is 5.32 Å². The number of halogens is 3. The minimum atomic E-state index is -4.44. The molecule has 0 saturated carbocycles. The zero-order chi connectivity index (χ0) is 23.5. The highest BCUT2D eigenvalue weighted by molar-refractivity contribution is 5.89. The van der Waals surface area contributed by atoms with E-state index in [0.29, 0.717) is 25.2 Å². The number of nitrogens with one attached hydrogen (secondary N) is 1. The van der Waals surface area contributed by atoms with Crippen molar-refractivity contribution in [2.24, 2.45) is 7.05 Å². The van der Waals surface area contributed by atoms with Gasteiger partial charge < -0.3 is 10.2 Å². The first-order valence-corrected chi connectivity index (χ1v) is 10.5. The van der Waals surface area contributed by atoms with Crippen molar-refractivity contribution in [3.8, 4) is 0 Å². The topological polar surface area (TPSA) is 70.5 Å². The molecule has 1 fully saturated rings. The zero-order valence-electron chi connectivity index (χ0n) is 18.4. The molecule has 0 bridgehead atoms. The Morgan fingerprint density at radius 1 is 1.31 bits per heavy atom. The lowest BCUT2D eigenvalue weighted by atomic mass is 10.0. The third-order valence-corrected chi connectivity index (χ3v) is 5.50. The lowest BCUT2D eigenvalue weighted by molar-refractivity contribution is -0.140. The maximum Gasteiger partial charge on any atom is 0.416 e. The van der Waals surface area contributed by atoms with Crippen molar-refractivity contribution in [2.45, 2.75) is 51.6 Å². The first-order chi connectivity index (χ1) is 15.0. The van der Waals surface area contributed by atoms with E-state index >= 15 is 0 Å². The Morgan fingerprint density at radius 3 is 2.69 bits per heavy atom. The number of aryl methyl sites for hydroxylation is 1. The van der Waals surface area contributed by atoms with Gasteiger partial charge in [0.2, 0.25) is 11.8 Å². The fourth-order valence-electron chi connectivity index (χ4n) is 3.85. The largest absolute Gasteiger partial charge is 0.416 e. The number of hydrogen-bond acceptors (Lipinski definition) is 4. The summed E-state index contributed by atoms with van der Waals surface area (Å²) in [5, 5.41) is 6.89. The molecule has 1 aliphatic heterocycles. The quantitative estimate of drug-likeness (QED) is 0.703. The Hall–Kier alpha value is -2.88. The van der Waals surface area contributed by atoms with Crippen molar-refractivity contribution < 1.29 is 22.8 Å². The van der Waals surface area contributed by atoms with Crippen LogP contribution in [0.1, 0.15) is 37.0 Å². The van der Waals surface area contributed by atoms with E-state index in [1.165, 1.54) is 6.07 Å². The third kappa shape index (κ3) is 5.87. The number of rotatable bonds is 7. The van der Waals surface area contributed by atoms with E-state index in [-0.39, 0.29) is 30.8 Å². The molecule has 2 amide bonds. The van der Waals surface area contributed by atoms with Crippen molar-refractivity contribution >= 4 is 11.8 Å². The van der Waals surface area contributed by atoms with Crippen molar-refractivity contribution in [1.29, 1.82) is 0 Å². The molecule has 10 heteroatoms. The number of carbonyl (C=O) groups excluding carboxylic acids is 2. The lowest BCUT2D eigenvalue weighted by Crippen LogP contribution is -2.56. The second-order valence-electron chi connectivity index (χ2n) is 8.32. The standard InChI is InChI=1S/C22H28F3N5O2/c1-15(2)30(14-17-11-27-28(3)12-17)20(31)10-19-21(32)26-7-8-29(19)13-16-5-4-6-18(9-16)22(23,24)25/h4-6,9,11-12,15,19H,7-8,10,13-14H2,1-3H3,(H,26,32). The van der Waals surface area contributed by atoms with Gasteiger partial charge in [-0.05, 0) is 25.5 Å². The number of hydrogen-bond donors (Lipinski definition) is 1. The van der Waals surface area contributed by atoms with Gasteiger partial charge in [-0.25, -0.2) is 0 Å². The number of benzene rings is 1. The highest BCUT2D eigenvalue weighted by Gasteiger charge is 2.34. The number of nitrogens with zero attached hydrogens (tertiary/aromatic N) is 4. The summed E-state index contributed by atoms with van der Waals surface area (Å²) in [5.41, 5.74) is 0.595. The van der Waals surface area contributed by atoms with Crippen LogP contribution in [0.2, 0.25) is 0 Å². The normalized spacial score (nSPS) is 17.5. The minimum absolute atomic E-state index is 0.0523. The molecule has 1 aliphatic rings. The summed E-state index contributed by atoms with van der Waals surface area (Å²) >= 11 is 0. The molecule has 1 aromatic heterocycles. The highest BCUT2D eigenvalue weighted by atomic mass is 19.4. The van der Waals surface area contributed by atoms with E-state index in [9.17, 15) is 22.8 Å². The summed E-state index contributed by atoms with van der Waals surface area (Å²) in [6.07, 6.45) is -0.968. The number of piperazine rings is 1. The van der Waals surface area contributed by atoms with E-state index in [4.69, 9.17) is 0 Å². The molecule has 174 valence electrons. The molecule has 1 unspecified atom stereocenters. The van der Waals surface area contributed by atoms with Crippen molar-refractivity contribution in [1.82, 2.24) is 24.9 Å². The summed E-state index contributed by atoms with van der Waals surface area (Å²) in [6, 6.07) is 4.23. The van der Waals surface area contributed by atoms with E-state index in [0.717, 1.165) is 17.7 Å². The van der Waals surface area contributed by atoms with Crippen molar-refractivity contribution in [3.05, 3.63) is 53.3 Å². The lowest BCUT2D eigenvalue weighted by Gasteiger charge is -2.36. The molecule has 1 N–H and O–H groups in total. The fraction of sp³-hybridized carbons (Fsp3) is 0.500. The summed E-state index contributed by atoms with van der Waals surface area (Å²) in [5.74, 6) is -0.485. The van der Waals surface area contributed by atoms with Gasteiger partial charge >= 0.3 is 6.18 Å². The number of carbonyl (C=O) groups is 2. The summed E-state index contributed by atoms with van der Waals surface area (Å²) in [7, 11) is 1.79. The van der Waals surface area contributed by atoms with Crippen molar-refractivity contribution in [2.75, 3.05) is 13.1 Å².